The molecule has 0 radical (unpaired) electrons. The van der Waals surface area contributed by atoms with E-state index in [1.807, 2.05) is 11.6 Å². The predicted molar refractivity (Wildman–Crippen MR) is 82.8 cm³/mol. The van der Waals surface area contributed by atoms with E-state index in [1.54, 1.807) is 24.4 Å². The van der Waals surface area contributed by atoms with Crippen LogP contribution in [0.15, 0.2) is 42.6 Å². The second-order valence-corrected chi connectivity index (χ2v) is 5.62. The van der Waals surface area contributed by atoms with Gasteiger partial charge in [-0.05, 0) is 30.3 Å². The minimum Gasteiger partial charge on any atom is -0.350 e. The molecule has 0 amide bonds. The van der Waals surface area contributed by atoms with Gasteiger partial charge in [-0.15, -0.1) is 0 Å². The van der Waals surface area contributed by atoms with Crippen molar-refractivity contribution in [2.75, 3.05) is 0 Å². The number of ketones is 1. The van der Waals surface area contributed by atoms with Crippen LogP contribution < -0.4 is 0 Å². The SMILES string of the molecule is Cn1cc(C(=O)c2ccc(F)c(Cl)c2)c2ccc(Cl)cc21. The monoisotopic (exact) mass is 321 g/mol. The molecule has 0 aliphatic rings. The van der Waals surface area contributed by atoms with Crippen molar-refractivity contribution >= 4 is 39.9 Å². The molecule has 3 aromatic rings. The fourth-order valence-corrected chi connectivity index (χ4v) is 2.68. The third-order valence-corrected chi connectivity index (χ3v) is 3.90. The van der Waals surface area contributed by atoms with Gasteiger partial charge in [-0.2, -0.15) is 0 Å². The van der Waals surface area contributed by atoms with Crippen molar-refractivity contribution in [1.82, 2.24) is 4.57 Å². The van der Waals surface area contributed by atoms with Crippen LogP contribution in [0.25, 0.3) is 10.9 Å². The Morgan fingerprint density at radius 3 is 2.62 bits per heavy atom. The Bertz CT molecular complexity index is 870. The van der Waals surface area contributed by atoms with Crippen LogP contribution in [0.2, 0.25) is 10.0 Å². The van der Waals surface area contributed by atoms with Gasteiger partial charge in [-0.1, -0.05) is 29.3 Å². The fraction of sp³-hybridized carbons (Fsp3) is 0.0625. The van der Waals surface area contributed by atoms with Gasteiger partial charge in [0.2, 0.25) is 0 Å². The van der Waals surface area contributed by atoms with E-state index in [-0.39, 0.29) is 10.8 Å². The highest BCUT2D eigenvalue weighted by Gasteiger charge is 2.17. The molecular weight excluding hydrogens is 312 g/mol. The van der Waals surface area contributed by atoms with E-state index in [9.17, 15) is 9.18 Å². The number of halogens is 3. The number of nitrogens with zero attached hydrogens (tertiary/aromatic N) is 1. The van der Waals surface area contributed by atoms with Crippen molar-refractivity contribution in [3.63, 3.8) is 0 Å². The van der Waals surface area contributed by atoms with E-state index in [4.69, 9.17) is 23.2 Å². The second kappa shape index (κ2) is 5.17. The molecule has 0 spiro atoms. The quantitative estimate of drug-likeness (QED) is 0.618. The Morgan fingerprint density at radius 1 is 1.14 bits per heavy atom. The van der Waals surface area contributed by atoms with Crippen LogP contribution in [0, 0.1) is 5.82 Å². The molecule has 0 saturated heterocycles. The van der Waals surface area contributed by atoms with Crippen LogP contribution in [0.1, 0.15) is 15.9 Å². The van der Waals surface area contributed by atoms with Crippen molar-refractivity contribution in [2.45, 2.75) is 0 Å². The van der Waals surface area contributed by atoms with E-state index < -0.39 is 5.82 Å². The van der Waals surface area contributed by atoms with Crippen LogP contribution in [-0.4, -0.2) is 10.4 Å². The summed E-state index contributed by atoms with van der Waals surface area (Å²) in [4.78, 5) is 12.6. The summed E-state index contributed by atoms with van der Waals surface area (Å²) >= 11 is 11.7. The van der Waals surface area contributed by atoms with Crippen molar-refractivity contribution in [3.05, 3.63) is 69.6 Å². The lowest BCUT2D eigenvalue weighted by molar-refractivity contribution is 0.104. The summed E-state index contributed by atoms with van der Waals surface area (Å²) in [6.45, 7) is 0. The van der Waals surface area contributed by atoms with Crippen LogP contribution in [0.5, 0.6) is 0 Å². The summed E-state index contributed by atoms with van der Waals surface area (Å²) < 4.78 is 15.0. The van der Waals surface area contributed by atoms with E-state index in [0.717, 1.165) is 10.9 Å². The maximum absolute atomic E-state index is 13.2. The van der Waals surface area contributed by atoms with E-state index in [1.165, 1.54) is 18.2 Å². The van der Waals surface area contributed by atoms with Crippen LogP contribution in [0.4, 0.5) is 4.39 Å². The third-order valence-electron chi connectivity index (χ3n) is 3.38. The average molecular weight is 322 g/mol. The summed E-state index contributed by atoms with van der Waals surface area (Å²) in [5.41, 5.74) is 1.75. The molecule has 21 heavy (non-hydrogen) atoms. The zero-order valence-electron chi connectivity index (χ0n) is 11.0. The Kier molecular flexibility index (Phi) is 3.47. The normalized spacial score (nSPS) is 11.0. The topological polar surface area (TPSA) is 22.0 Å². The largest absolute Gasteiger partial charge is 0.350 e. The highest BCUT2D eigenvalue weighted by atomic mass is 35.5. The molecule has 1 heterocycles. The molecule has 0 bridgehead atoms. The van der Waals surface area contributed by atoms with Crippen LogP contribution >= 0.6 is 23.2 Å². The number of hydrogen-bond acceptors (Lipinski definition) is 1. The summed E-state index contributed by atoms with van der Waals surface area (Å²) in [6.07, 6.45) is 1.74. The molecular formula is C16H10Cl2FNO. The molecule has 0 atom stereocenters. The van der Waals surface area contributed by atoms with Gasteiger partial charge >= 0.3 is 0 Å². The van der Waals surface area contributed by atoms with E-state index in [0.29, 0.717) is 16.1 Å². The lowest BCUT2D eigenvalue weighted by Gasteiger charge is -2.01. The Labute approximate surface area is 130 Å². The van der Waals surface area contributed by atoms with Crippen molar-refractivity contribution in [2.24, 2.45) is 7.05 Å². The summed E-state index contributed by atoms with van der Waals surface area (Å²) in [6, 6.07) is 9.30. The number of aryl methyl sites for hydroxylation is 1. The Hall–Kier alpha value is -1.84. The van der Waals surface area contributed by atoms with Gasteiger partial charge in [0.1, 0.15) is 5.82 Å². The molecule has 2 aromatic carbocycles. The number of rotatable bonds is 2. The molecule has 1 aromatic heterocycles. The van der Waals surface area contributed by atoms with Gasteiger partial charge in [0.25, 0.3) is 0 Å². The van der Waals surface area contributed by atoms with E-state index >= 15 is 0 Å². The molecule has 0 aliphatic carbocycles. The number of aromatic nitrogens is 1. The van der Waals surface area contributed by atoms with Gasteiger partial charge in [0, 0.05) is 40.3 Å². The Morgan fingerprint density at radius 2 is 1.90 bits per heavy atom. The third kappa shape index (κ3) is 2.43. The molecule has 0 aliphatic heterocycles. The van der Waals surface area contributed by atoms with Gasteiger partial charge in [-0.25, -0.2) is 4.39 Å². The zero-order valence-corrected chi connectivity index (χ0v) is 12.5. The molecule has 0 unspecified atom stereocenters. The van der Waals surface area contributed by atoms with Gasteiger partial charge in [0.15, 0.2) is 5.78 Å². The molecule has 0 N–H and O–H groups in total. The lowest BCUT2D eigenvalue weighted by atomic mass is 10.0. The Balaban J connectivity index is 2.15. The van der Waals surface area contributed by atoms with Gasteiger partial charge in [0.05, 0.1) is 5.02 Å². The average Bonchev–Trinajstić information content (AvgIpc) is 2.78. The maximum atomic E-state index is 13.2. The standard InChI is InChI=1S/C16H10Cl2FNO/c1-20-8-12(11-4-3-10(17)7-15(11)20)16(21)9-2-5-14(19)13(18)6-9/h2-8H,1H3. The molecule has 0 saturated carbocycles. The first kappa shape index (κ1) is 14.1. The first-order chi connectivity index (χ1) is 9.97. The van der Waals surface area contributed by atoms with E-state index in [2.05, 4.69) is 0 Å². The molecule has 106 valence electrons. The highest BCUT2D eigenvalue weighted by Crippen LogP contribution is 2.27. The number of hydrogen-bond donors (Lipinski definition) is 0. The van der Waals surface area contributed by atoms with Gasteiger partial charge in [-0.3, -0.25) is 4.79 Å². The molecule has 0 fully saturated rings. The summed E-state index contributed by atoms with van der Waals surface area (Å²) in [5.74, 6) is -0.747. The predicted octanol–water partition coefficient (Wildman–Crippen LogP) is 4.86. The number of benzene rings is 2. The summed E-state index contributed by atoms with van der Waals surface area (Å²) in [7, 11) is 1.84. The highest BCUT2D eigenvalue weighted by molar-refractivity contribution is 6.32. The maximum Gasteiger partial charge on any atom is 0.195 e. The van der Waals surface area contributed by atoms with Crippen molar-refractivity contribution in [1.29, 1.82) is 0 Å². The number of carbonyl (C=O) groups is 1. The van der Waals surface area contributed by atoms with Crippen molar-refractivity contribution < 1.29 is 9.18 Å². The molecule has 2 nitrogen and oxygen atoms in total. The number of fused-ring (bicyclic) bond motifs is 1. The smallest absolute Gasteiger partial charge is 0.195 e. The van der Waals surface area contributed by atoms with Gasteiger partial charge < -0.3 is 4.57 Å². The summed E-state index contributed by atoms with van der Waals surface area (Å²) in [5, 5.41) is 1.34. The van der Waals surface area contributed by atoms with Crippen LogP contribution in [0.3, 0.4) is 0 Å². The zero-order chi connectivity index (χ0) is 15.1. The molecule has 3 rings (SSSR count). The van der Waals surface area contributed by atoms with Crippen LogP contribution in [-0.2, 0) is 7.05 Å². The minimum atomic E-state index is -0.544. The molecule has 5 heteroatoms. The lowest BCUT2D eigenvalue weighted by Crippen LogP contribution is -2.01. The number of carbonyl (C=O) groups excluding carboxylic acids is 1. The minimum absolute atomic E-state index is 0.0656. The van der Waals surface area contributed by atoms with Crippen molar-refractivity contribution in [3.8, 4) is 0 Å². The fourth-order valence-electron chi connectivity index (χ4n) is 2.33. The second-order valence-electron chi connectivity index (χ2n) is 4.77. The first-order valence-electron chi connectivity index (χ1n) is 6.21. The first-order valence-corrected chi connectivity index (χ1v) is 6.97.